The topological polar surface area (TPSA) is 0 Å². The average molecular weight is 209 g/mol. The van der Waals surface area contributed by atoms with Crippen molar-refractivity contribution < 1.29 is 13.2 Å². The third-order valence-electron chi connectivity index (χ3n) is 1.76. The zero-order valence-electron chi connectivity index (χ0n) is 7.17. The molecule has 0 aliphatic carbocycles. The molecule has 0 N–H and O–H groups in total. The van der Waals surface area contributed by atoms with Gasteiger partial charge >= 0.3 is 6.18 Å². The van der Waals surface area contributed by atoms with Crippen molar-refractivity contribution in [1.29, 1.82) is 0 Å². The van der Waals surface area contributed by atoms with Crippen LogP contribution in [-0.2, 0) is 6.18 Å². The summed E-state index contributed by atoms with van der Waals surface area (Å²) < 4.78 is 36.7. The first-order valence-electron chi connectivity index (χ1n) is 3.66. The van der Waals surface area contributed by atoms with E-state index in [-0.39, 0.29) is 0 Å². The van der Waals surface area contributed by atoms with Crippen molar-refractivity contribution in [3.05, 3.63) is 33.8 Å². The van der Waals surface area contributed by atoms with Crippen molar-refractivity contribution in [2.24, 2.45) is 0 Å². The van der Waals surface area contributed by atoms with E-state index in [9.17, 15) is 13.2 Å². The lowest BCUT2D eigenvalue weighted by molar-refractivity contribution is -0.137. The Hall–Kier alpha value is -0.700. The molecule has 0 aliphatic heterocycles. The number of rotatable bonds is 0. The van der Waals surface area contributed by atoms with Gasteiger partial charge in [-0.15, -0.1) is 0 Å². The van der Waals surface area contributed by atoms with Gasteiger partial charge in [-0.1, -0.05) is 11.6 Å². The monoisotopic (exact) mass is 208 g/mol. The van der Waals surface area contributed by atoms with E-state index in [1.807, 2.05) is 0 Å². The fourth-order valence-electron chi connectivity index (χ4n) is 1.11. The van der Waals surface area contributed by atoms with Gasteiger partial charge in [0.1, 0.15) is 0 Å². The molecule has 0 nitrogen and oxygen atoms in total. The first-order chi connectivity index (χ1) is 5.82. The van der Waals surface area contributed by atoms with Gasteiger partial charge in [-0.05, 0) is 37.1 Å². The van der Waals surface area contributed by atoms with Crippen LogP contribution < -0.4 is 0 Å². The Balaban J connectivity index is 3.29. The number of aryl methyl sites for hydroxylation is 2. The van der Waals surface area contributed by atoms with Crippen LogP contribution in [0.5, 0.6) is 0 Å². The fourth-order valence-corrected chi connectivity index (χ4v) is 1.22. The van der Waals surface area contributed by atoms with Gasteiger partial charge in [0.15, 0.2) is 0 Å². The van der Waals surface area contributed by atoms with Gasteiger partial charge in [0.2, 0.25) is 0 Å². The predicted octanol–water partition coefficient (Wildman–Crippen LogP) is 3.98. The maximum absolute atomic E-state index is 12.2. The molecule has 0 fully saturated rings. The Bertz CT molecular complexity index is 305. The zero-order chi connectivity index (χ0) is 10.2. The van der Waals surface area contributed by atoms with Gasteiger partial charge < -0.3 is 0 Å². The lowest BCUT2D eigenvalue weighted by Gasteiger charge is -2.10. The van der Waals surface area contributed by atoms with Crippen molar-refractivity contribution in [3.8, 4) is 0 Å². The largest absolute Gasteiger partial charge is 0.416 e. The third kappa shape index (κ3) is 2.15. The molecular weight excluding hydrogens is 201 g/mol. The fraction of sp³-hybridized carbons (Fsp3) is 0.333. The quantitative estimate of drug-likeness (QED) is 0.605. The maximum Gasteiger partial charge on any atom is 0.416 e. The first kappa shape index (κ1) is 10.4. The van der Waals surface area contributed by atoms with E-state index >= 15 is 0 Å². The second kappa shape index (κ2) is 3.22. The van der Waals surface area contributed by atoms with Crippen molar-refractivity contribution in [1.82, 2.24) is 0 Å². The second-order valence-corrected chi connectivity index (χ2v) is 3.30. The molecule has 4 heteroatoms. The smallest absolute Gasteiger partial charge is 0.166 e. The maximum atomic E-state index is 12.2. The molecule has 0 saturated carbocycles. The van der Waals surface area contributed by atoms with Gasteiger partial charge in [-0.2, -0.15) is 13.2 Å². The highest BCUT2D eigenvalue weighted by molar-refractivity contribution is 6.32. The Morgan fingerprint density at radius 2 is 1.46 bits per heavy atom. The molecule has 0 saturated heterocycles. The minimum absolute atomic E-state index is 0.396. The van der Waals surface area contributed by atoms with Crippen molar-refractivity contribution in [2.75, 3.05) is 0 Å². The molecular formula is C9H8ClF3. The molecule has 0 bridgehead atoms. The van der Waals surface area contributed by atoms with Crippen LogP contribution in [0.4, 0.5) is 13.2 Å². The molecule has 0 heterocycles. The van der Waals surface area contributed by atoms with Crippen LogP contribution in [0.2, 0.25) is 5.02 Å². The Kier molecular flexibility index (Phi) is 2.57. The van der Waals surface area contributed by atoms with Crippen LogP contribution >= 0.6 is 11.6 Å². The first-order valence-corrected chi connectivity index (χ1v) is 4.04. The summed E-state index contributed by atoms with van der Waals surface area (Å²) in [5.74, 6) is 0. The van der Waals surface area contributed by atoms with E-state index in [1.165, 1.54) is 0 Å². The molecule has 1 aromatic carbocycles. The van der Waals surface area contributed by atoms with Crippen LogP contribution in [0.15, 0.2) is 12.1 Å². The normalized spacial score (nSPS) is 11.8. The molecule has 72 valence electrons. The molecule has 0 radical (unpaired) electrons. The highest BCUT2D eigenvalue weighted by atomic mass is 35.5. The molecule has 1 aromatic rings. The summed E-state index contributed by atoms with van der Waals surface area (Å²) in [5.41, 5.74) is 0.259. The molecule has 0 aliphatic rings. The SMILES string of the molecule is Cc1cc(C(F)(F)F)cc(C)c1Cl. The molecule has 13 heavy (non-hydrogen) atoms. The summed E-state index contributed by atoms with van der Waals surface area (Å²) in [4.78, 5) is 0. The van der Waals surface area contributed by atoms with E-state index < -0.39 is 11.7 Å². The summed E-state index contributed by atoms with van der Waals surface area (Å²) in [7, 11) is 0. The molecule has 0 amide bonds. The highest BCUT2D eigenvalue weighted by Crippen LogP contribution is 2.33. The van der Waals surface area contributed by atoms with Gasteiger partial charge in [0.05, 0.1) is 5.56 Å². The standard InChI is InChI=1S/C9H8ClF3/c1-5-3-7(9(11,12)13)4-6(2)8(5)10/h3-4H,1-2H3. The van der Waals surface area contributed by atoms with Crippen LogP contribution in [-0.4, -0.2) is 0 Å². The summed E-state index contributed by atoms with van der Waals surface area (Å²) in [5, 5.41) is 0.396. The number of hydrogen-bond donors (Lipinski definition) is 0. The lowest BCUT2D eigenvalue weighted by atomic mass is 10.1. The number of alkyl halides is 3. The molecule has 0 atom stereocenters. The molecule has 0 unspecified atom stereocenters. The van der Waals surface area contributed by atoms with Gasteiger partial charge in [-0.3, -0.25) is 0 Å². The third-order valence-corrected chi connectivity index (χ3v) is 2.36. The highest BCUT2D eigenvalue weighted by Gasteiger charge is 2.31. The van der Waals surface area contributed by atoms with Gasteiger partial charge in [-0.25, -0.2) is 0 Å². The van der Waals surface area contributed by atoms with E-state index in [2.05, 4.69) is 0 Å². The van der Waals surface area contributed by atoms with E-state index in [4.69, 9.17) is 11.6 Å². The molecule has 0 spiro atoms. The van der Waals surface area contributed by atoms with Crippen LogP contribution in [0.25, 0.3) is 0 Å². The van der Waals surface area contributed by atoms with Gasteiger partial charge in [0, 0.05) is 5.02 Å². The van der Waals surface area contributed by atoms with Crippen LogP contribution in [0.1, 0.15) is 16.7 Å². The average Bonchev–Trinajstić information content (AvgIpc) is 1.97. The predicted molar refractivity (Wildman–Crippen MR) is 45.9 cm³/mol. The van der Waals surface area contributed by atoms with Gasteiger partial charge in [0.25, 0.3) is 0 Å². The number of halogens is 4. The Morgan fingerprint density at radius 1 is 1.08 bits per heavy atom. The number of hydrogen-bond acceptors (Lipinski definition) is 0. The van der Waals surface area contributed by atoms with Crippen LogP contribution in [0.3, 0.4) is 0 Å². The van der Waals surface area contributed by atoms with E-state index in [1.54, 1.807) is 13.8 Å². The molecule has 0 aromatic heterocycles. The lowest BCUT2D eigenvalue weighted by Crippen LogP contribution is -2.05. The summed E-state index contributed by atoms with van der Waals surface area (Å²) in [6.07, 6.45) is -4.29. The van der Waals surface area contributed by atoms with Crippen molar-refractivity contribution in [3.63, 3.8) is 0 Å². The van der Waals surface area contributed by atoms with Crippen LogP contribution in [0, 0.1) is 13.8 Å². The second-order valence-electron chi connectivity index (χ2n) is 2.92. The summed E-state index contributed by atoms with van der Waals surface area (Å²) in [6, 6.07) is 2.10. The summed E-state index contributed by atoms with van der Waals surface area (Å²) >= 11 is 5.73. The van der Waals surface area contributed by atoms with E-state index in [0.29, 0.717) is 16.1 Å². The molecule has 1 rings (SSSR count). The summed E-state index contributed by atoms with van der Waals surface area (Å²) in [6.45, 7) is 3.12. The Morgan fingerprint density at radius 3 is 1.77 bits per heavy atom. The minimum atomic E-state index is -4.29. The van der Waals surface area contributed by atoms with E-state index in [0.717, 1.165) is 12.1 Å². The minimum Gasteiger partial charge on any atom is -0.166 e. The number of benzene rings is 1. The Labute approximate surface area is 79.3 Å². The zero-order valence-corrected chi connectivity index (χ0v) is 7.92. The van der Waals surface area contributed by atoms with Crippen molar-refractivity contribution >= 4 is 11.6 Å². The van der Waals surface area contributed by atoms with Crippen molar-refractivity contribution in [2.45, 2.75) is 20.0 Å².